The average Bonchev–Trinajstić information content (AvgIpc) is 2.55. The number of halogens is 1. The molecular formula is C18H27ClN2O. The van der Waals surface area contributed by atoms with Crippen LogP contribution in [0.4, 0.5) is 0 Å². The van der Waals surface area contributed by atoms with Crippen molar-refractivity contribution in [2.45, 2.75) is 32.1 Å². The van der Waals surface area contributed by atoms with E-state index in [1.807, 2.05) is 0 Å². The fraction of sp³-hybridized carbons (Fsp3) is 0.611. The van der Waals surface area contributed by atoms with Gasteiger partial charge < -0.3 is 10.2 Å². The van der Waals surface area contributed by atoms with Gasteiger partial charge in [0.25, 0.3) is 0 Å². The number of carbonyl (C=O) groups is 1. The number of benzene rings is 1. The van der Waals surface area contributed by atoms with Gasteiger partial charge >= 0.3 is 0 Å². The molecule has 3 nitrogen and oxygen atoms in total. The minimum Gasteiger partial charge on any atom is -0.342 e. The number of rotatable bonds is 2. The second kappa shape index (κ2) is 7.98. The predicted octanol–water partition coefficient (Wildman–Crippen LogP) is 3.06. The van der Waals surface area contributed by atoms with Crippen molar-refractivity contribution in [1.82, 2.24) is 10.2 Å². The molecule has 2 aliphatic rings. The number of nitrogens with one attached hydrogen (secondary N) is 1. The normalized spacial score (nSPS) is 26.3. The van der Waals surface area contributed by atoms with Crippen molar-refractivity contribution < 1.29 is 4.79 Å². The Morgan fingerprint density at radius 1 is 1.14 bits per heavy atom. The molecule has 0 bridgehead atoms. The minimum absolute atomic E-state index is 0. The quantitative estimate of drug-likeness (QED) is 0.907. The third-order valence-electron chi connectivity index (χ3n) is 5.13. The molecule has 2 heterocycles. The molecule has 1 aromatic carbocycles. The van der Waals surface area contributed by atoms with Crippen LogP contribution in [0.25, 0.3) is 0 Å². The van der Waals surface area contributed by atoms with Gasteiger partial charge in [-0.05, 0) is 49.8 Å². The second-order valence-electron chi connectivity index (χ2n) is 6.59. The van der Waals surface area contributed by atoms with Gasteiger partial charge in [0.2, 0.25) is 5.91 Å². The monoisotopic (exact) mass is 322 g/mol. The first-order valence-electron chi connectivity index (χ1n) is 8.30. The van der Waals surface area contributed by atoms with Crippen LogP contribution >= 0.6 is 12.4 Å². The molecule has 1 N–H and O–H groups in total. The largest absolute Gasteiger partial charge is 0.342 e. The lowest BCUT2D eigenvalue weighted by atomic mass is 9.81. The van der Waals surface area contributed by atoms with Crippen LogP contribution in [0.5, 0.6) is 0 Å². The summed E-state index contributed by atoms with van der Waals surface area (Å²) in [5.74, 6) is 1.80. The molecule has 4 heteroatoms. The smallest absolute Gasteiger partial charge is 0.225 e. The zero-order valence-corrected chi connectivity index (χ0v) is 14.1. The predicted molar refractivity (Wildman–Crippen MR) is 92.4 cm³/mol. The molecule has 0 aromatic heterocycles. The summed E-state index contributed by atoms with van der Waals surface area (Å²) < 4.78 is 0. The molecule has 3 rings (SSSR count). The molecule has 2 aliphatic heterocycles. The SMILES string of the molecule is CC1CN(C(=O)C2CCNCC2)CCC1c1ccccc1.Cl. The lowest BCUT2D eigenvalue weighted by Crippen LogP contribution is -2.46. The van der Waals surface area contributed by atoms with Gasteiger partial charge in [0.15, 0.2) is 0 Å². The van der Waals surface area contributed by atoms with Crippen LogP contribution in [0.15, 0.2) is 30.3 Å². The van der Waals surface area contributed by atoms with Gasteiger partial charge in [-0.3, -0.25) is 4.79 Å². The van der Waals surface area contributed by atoms with Crippen LogP contribution in [-0.4, -0.2) is 37.0 Å². The van der Waals surface area contributed by atoms with Gasteiger partial charge in [0.1, 0.15) is 0 Å². The molecule has 0 saturated carbocycles. The molecule has 2 saturated heterocycles. The van der Waals surface area contributed by atoms with E-state index in [4.69, 9.17) is 0 Å². The van der Waals surface area contributed by atoms with Gasteiger partial charge in [0, 0.05) is 19.0 Å². The summed E-state index contributed by atoms with van der Waals surface area (Å²) in [5.41, 5.74) is 1.43. The van der Waals surface area contributed by atoms with Crippen LogP contribution in [0.1, 0.15) is 37.7 Å². The Morgan fingerprint density at radius 2 is 1.82 bits per heavy atom. The molecule has 2 atom stereocenters. The first kappa shape index (κ1) is 17.3. The summed E-state index contributed by atoms with van der Waals surface area (Å²) in [6, 6.07) is 10.8. The van der Waals surface area contributed by atoms with Crippen LogP contribution in [0.2, 0.25) is 0 Å². The topological polar surface area (TPSA) is 32.3 Å². The Hall–Kier alpha value is -1.06. The molecular weight excluding hydrogens is 296 g/mol. The van der Waals surface area contributed by atoms with Crippen molar-refractivity contribution in [1.29, 1.82) is 0 Å². The van der Waals surface area contributed by atoms with E-state index >= 15 is 0 Å². The number of carbonyl (C=O) groups excluding carboxylic acids is 1. The van der Waals surface area contributed by atoms with Gasteiger partial charge in [-0.2, -0.15) is 0 Å². The van der Waals surface area contributed by atoms with Crippen molar-refractivity contribution in [3.63, 3.8) is 0 Å². The Balaban J connectivity index is 0.00000176. The van der Waals surface area contributed by atoms with Gasteiger partial charge in [-0.15, -0.1) is 12.4 Å². The third-order valence-corrected chi connectivity index (χ3v) is 5.13. The van der Waals surface area contributed by atoms with E-state index in [9.17, 15) is 4.79 Å². The Morgan fingerprint density at radius 3 is 2.45 bits per heavy atom. The van der Waals surface area contributed by atoms with E-state index in [-0.39, 0.29) is 18.3 Å². The van der Waals surface area contributed by atoms with E-state index in [1.54, 1.807) is 0 Å². The van der Waals surface area contributed by atoms with Crippen LogP contribution in [0.3, 0.4) is 0 Å². The number of amides is 1. The highest BCUT2D eigenvalue weighted by Crippen LogP contribution is 2.33. The first-order valence-corrected chi connectivity index (χ1v) is 8.30. The minimum atomic E-state index is 0. The Bertz CT molecular complexity index is 473. The molecule has 0 aliphatic carbocycles. The van der Waals surface area contributed by atoms with Crippen molar-refractivity contribution in [3.05, 3.63) is 35.9 Å². The molecule has 0 radical (unpaired) electrons. The highest BCUT2D eigenvalue weighted by molar-refractivity contribution is 5.85. The molecule has 1 amide bonds. The van der Waals surface area contributed by atoms with Crippen LogP contribution < -0.4 is 5.32 Å². The van der Waals surface area contributed by atoms with Crippen molar-refractivity contribution in [3.8, 4) is 0 Å². The Kier molecular flexibility index (Phi) is 6.27. The summed E-state index contributed by atoms with van der Waals surface area (Å²) in [6.45, 7) is 6.12. The number of hydrogen-bond donors (Lipinski definition) is 1. The highest BCUT2D eigenvalue weighted by Gasteiger charge is 2.32. The molecule has 22 heavy (non-hydrogen) atoms. The Labute approximate surface area is 139 Å². The van der Waals surface area contributed by atoms with Crippen LogP contribution in [-0.2, 0) is 4.79 Å². The molecule has 2 fully saturated rings. The van der Waals surface area contributed by atoms with Crippen molar-refractivity contribution in [2.24, 2.45) is 11.8 Å². The van der Waals surface area contributed by atoms with Crippen molar-refractivity contribution in [2.75, 3.05) is 26.2 Å². The lowest BCUT2D eigenvalue weighted by Gasteiger charge is -2.39. The number of piperidine rings is 2. The van der Waals surface area contributed by atoms with Gasteiger partial charge in [0.05, 0.1) is 0 Å². The van der Waals surface area contributed by atoms with E-state index < -0.39 is 0 Å². The van der Waals surface area contributed by atoms with Crippen molar-refractivity contribution >= 4 is 18.3 Å². The summed E-state index contributed by atoms with van der Waals surface area (Å²) in [7, 11) is 0. The van der Waals surface area contributed by atoms with Gasteiger partial charge in [-0.1, -0.05) is 37.3 Å². The summed E-state index contributed by atoms with van der Waals surface area (Å²) in [4.78, 5) is 14.8. The zero-order valence-electron chi connectivity index (χ0n) is 13.3. The molecule has 0 spiro atoms. The zero-order chi connectivity index (χ0) is 14.7. The fourth-order valence-electron chi connectivity index (χ4n) is 3.87. The van der Waals surface area contributed by atoms with E-state index in [0.717, 1.165) is 45.4 Å². The maximum atomic E-state index is 12.6. The maximum absolute atomic E-state index is 12.6. The number of hydrogen-bond acceptors (Lipinski definition) is 2. The summed E-state index contributed by atoms with van der Waals surface area (Å²) >= 11 is 0. The highest BCUT2D eigenvalue weighted by atomic mass is 35.5. The first-order chi connectivity index (χ1) is 10.3. The standard InChI is InChI=1S/C18H26N2O.ClH/c1-14-13-20(18(21)16-7-10-19-11-8-16)12-9-17(14)15-5-3-2-4-6-15;/h2-6,14,16-17,19H,7-13H2,1H3;1H. The summed E-state index contributed by atoms with van der Waals surface area (Å²) in [6.07, 6.45) is 3.11. The molecule has 2 unspecified atom stereocenters. The molecule has 122 valence electrons. The molecule has 1 aromatic rings. The average molecular weight is 323 g/mol. The lowest BCUT2D eigenvalue weighted by molar-refractivity contribution is -0.138. The third kappa shape index (κ3) is 3.82. The maximum Gasteiger partial charge on any atom is 0.225 e. The van der Waals surface area contributed by atoms with E-state index in [0.29, 0.717) is 17.7 Å². The van der Waals surface area contributed by atoms with Crippen LogP contribution in [0, 0.1) is 11.8 Å². The second-order valence-corrected chi connectivity index (χ2v) is 6.59. The van der Waals surface area contributed by atoms with E-state index in [1.165, 1.54) is 5.56 Å². The number of nitrogens with zero attached hydrogens (tertiary/aromatic N) is 1. The van der Waals surface area contributed by atoms with Gasteiger partial charge in [-0.25, -0.2) is 0 Å². The number of likely N-dealkylation sites (tertiary alicyclic amines) is 1. The fourth-order valence-corrected chi connectivity index (χ4v) is 3.87. The van der Waals surface area contributed by atoms with E-state index in [2.05, 4.69) is 47.5 Å². The summed E-state index contributed by atoms with van der Waals surface area (Å²) in [5, 5.41) is 3.34.